The smallest absolute Gasteiger partial charge is 0.244 e. The van der Waals surface area contributed by atoms with Crippen LogP contribution in [0.4, 0.5) is 0 Å². The minimum atomic E-state index is -1.09. The third-order valence-corrected chi connectivity index (χ3v) is 3.70. The van der Waals surface area contributed by atoms with E-state index >= 15 is 0 Å². The van der Waals surface area contributed by atoms with E-state index in [0.29, 0.717) is 17.1 Å². The Morgan fingerprint density at radius 2 is 1.81 bits per heavy atom. The van der Waals surface area contributed by atoms with Gasteiger partial charge in [0.2, 0.25) is 5.79 Å². The highest BCUT2D eigenvalue weighted by Crippen LogP contribution is 2.43. The number of carbonyl (C=O) groups is 1. The fourth-order valence-corrected chi connectivity index (χ4v) is 2.64. The zero-order chi connectivity index (χ0) is 14.9. The summed E-state index contributed by atoms with van der Waals surface area (Å²) in [5.74, 6) is -0.136. The second-order valence-corrected chi connectivity index (χ2v) is 4.86. The number of methoxy groups -OCH3 is 2. The maximum absolute atomic E-state index is 12.6. The number of benzene rings is 2. The Labute approximate surface area is 123 Å². The Kier molecular flexibility index (Phi) is 3.39. The van der Waals surface area contributed by atoms with E-state index in [4.69, 9.17) is 14.2 Å². The lowest BCUT2D eigenvalue weighted by molar-refractivity contribution is -0.173. The van der Waals surface area contributed by atoms with Gasteiger partial charge in [-0.1, -0.05) is 36.4 Å². The first-order valence-electron chi connectivity index (χ1n) is 6.70. The Morgan fingerprint density at radius 3 is 2.48 bits per heavy atom. The Balaban J connectivity index is 2.11. The average Bonchev–Trinajstić information content (AvgIpc) is 2.54. The van der Waals surface area contributed by atoms with E-state index in [-0.39, 0.29) is 12.2 Å². The van der Waals surface area contributed by atoms with Gasteiger partial charge in [0.1, 0.15) is 17.1 Å². The molecule has 0 amide bonds. The molecule has 3 rings (SSSR count). The summed E-state index contributed by atoms with van der Waals surface area (Å²) in [7, 11) is 3.09. The van der Waals surface area contributed by atoms with E-state index in [1.165, 1.54) is 7.11 Å². The summed E-state index contributed by atoms with van der Waals surface area (Å²) in [5, 5.41) is 0. The quantitative estimate of drug-likeness (QED) is 0.868. The second-order valence-electron chi connectivity index (χ2n) is 4.86. The van der Waals surface area contributed by atoms with Crippen molar-refractivity contribution in [3.05, 3.63) is 59.7 Å². The Morgan fingerprint density at radius 1 is 1.05 bits per heavy atom. The number of Topliss-reactive ketones (excluding diaryl/α,β-unsaturated/α-hetero) is 1. The van der Waals surface area contributed by atoms with Gasteiger partial charge in [0, 0.05) is 12.7 Å². The number of ketones is 1. The lowest BCUT2D eigenvalue weighted by Crippen LogP contribution is -2.41. The van der Waals surface area contributed by atoms with Gasteiger partial charge in [-0.05, 0) is 12.1 Å². The monoisotopic (exact) mass is 284 g/mol. The van der Waals surface area contributed by atoms with Crippen LogP contribution in [0.2, 0.25) is 0 Å². The third kappa shape index (κ3) is 2.17. The van der Waals surface area contributed by atoms with E-state index in [1.54, 1.807) is 25.3 Å². The van der Waals surface area contributed by atoms with Crippen LogP contribution in [0.1, 0.15) is 22.3 Å². The first-order chi connectivity index (χ1) is 10.2. The van der Waals surface area contributed by atoms with E-state index in [1.807, 2.05) is 30.3 Å². The highest BCUT2D eigenvalue weighted by Gasteiger charge is 2.43. The molecule has 21 heavy (non-hydrogen) atoms. The van der Waals surface area contributed by atoms with Gasteiger partial charge in [-0.2, -0.15) is 0 Å². The van der Waals surface area contributed by atoms with Crippen molar-refractivity contribution >= 4 is 5.78 Å². The van der Waals surface area contributed by atoms with E-state index < -0.39 is 5.79 Å². The summed E-state index contributed by atoms with van der Waals surface area (Å²) in [4.78, 5) is 12.6. The minimum Gasteiger partial charge on any atom is -0.496 e. The predicted octanol–water partition coefficient (Wildman–Crippen LogP) is 3.16. The molecule has 1 unspecified atom stereocenters. The molecule has 1 aliphatic rings. The molecule has 4 heteroatoms. The van der Waals surface area contributed by atoms with Crippen molar-refractivity contribution in [3.63, 3.8) is 0 Å². The van der Waals surface area contributed by atoms with Gasteiger partial charge in [-0.25, -0.2) is 0 Å². The van der Waals surface area contributed by atoms with E-state index in [0.717, 1.165) is 5.56 Å². The van der Waals surface area contributed by atoms with Crippen LogP contribution in [-0.4, -0.2) is 20.0 Å². The first kappa shape index (κ1) is 13.6. The standard InChI is InChI=1S/C17H16O4/c1-19-14-9-6-10-15-16(14)13(18)11-17(20-2,21-15)12-7-4-3-5-8-12/h3-10H,11H2,1-2H3. The largest absolute Gasteiger partial charge is 0.496 e. The van der Waals surface area contributed by atoms with Gasteiger partial charge < -0.3 is 14.2 Å². The van der Waals surface area contributed by atoms with Crippen molar-refractivity contribution in [2.75, 3.05) is 14.2 Å². The highest BCUT2D eigenvalue weighted by molar-refractivity contribution is 6.02. The summed E-state index contributed by atoms with van der Waals surface area (Å²) in [6.45, 7) is 0. The summed E-state index contributed by atoms with van der Waals surface area (Å²) in [5.41, 5.74) is 1.29. The Bertz CT molecular complexity index is 666. The number of fused-ring (bicyclic) bond motifs is 1. The lowest BCUT2D eigenvalue weighted by Gasteiger charge is -2.37. The molecule has 1 atom stereocenters. The zero-order valence-electron chi connectivity index (χ0n) is 12.0. The van der Waals surface area contributed by atoms with Crippen molar-refractivity contribution in [1.29, 1.82) is 0 Å². The van der Waals surface area contributed by atoms with Gasteiger partial charge in [-0.3, -0.25) is 4.79 Å². The number of ether oxygens (including phenoxy) is 3. The molecule has 1 aliphatic heterocycles. The maximum atomic E-state index is 12.6. The molecule has 0 radical (unpaired) electrons. The van der Waals surface area contributed by atoms with Crippen molar-refractivity contribution in [2.24, 2.45) is 0 Å². The van der Waals surface area contributed by atoms with Crippen LogP contribution in [0.25, 0.3) is 0 Å². The van der Waals surface area contributed by atoms with Gasteiger partial charge in [0.15, 0.2) is 5.78 Å². The first-order valence-corrected chi connectivity index (χ1v) is 6.70. The average molecular weight is 284 g/mol. The van der Waals surface area contributed by atoms with E-state index in [9.17, 15) is 4.79 Å². The molecule has 0 saturated heterocycles. The summed E-state index contributed by atoms with van der Waals surface area (Å²) < 4.78 is 16.9. The zero-order valence-corrected chi connectivity index (χ0v) is 12.0. The molecule has 2 aromatic rings. The van der Waals surface area contributed by atoms with Crippen LogP contribution in [-0.2, 0) is 10.5 Å². The summed E-state index contributed by atoms with van der Waals surface area (Å²) in [6.07, 6.45) is 0.112. The van der Waals surface area contributed by atoms with Crippen LogP contribution in [0, 0.1) is 0 Å². The number of carbonyl (C=O) groups excluding carboxylic acids is 1. The van der Waals surface area contributed by atoms with Crippen molar-refractivity contribution < 1.29 is 19.0 Å². The minimum absolute atomic E-state index is 0.0561. The fourth-order valence-electron chi connectivity index (χ4n) is 2.64. The Hall–Kier alpha value is -2.33. The SMILES string of the molecule is COc1cccc2c1C(=O)CC(OC)(c1ccccc1)O2. The molecule has 2 aromatic carbocycles. The van der Waals surface area contributed by atoms with Crippen LogP contribution >= 0.6 is 0 Å². The fraction of sp³-hybridized carbons (Fsp3) is 0.235. The molecular weight excluding hydrogens is 268 g/mol. The van der Waals surface area contributed by atoms with Gasteiger partial charge in [0.25, 0.3) is 0 Å². The molecule has 0 fully saturated rings. The van der Waals surface area contributed by atoms with Crippen molar-refractivity contribution in [3.8, 4) is 11.5 Å². The van der Waals surface area contributed by atoms with Crippen molar-refractivity contribution in [2.45, 2.75) is 12.2 Å². The molecule has 4 nitrogen and oxygen atoms in total. The number of hydrogen-bond acceptors (Lipinski definition) is 4. The second kappa shape index (κ2) is 5.22. The number of rotatable bonds is 3. The molecule has 0 aliphatic carbocycles. The van der Waals surface area contributed by atoms with Gasteiger partial charge >= 0.3 is 0 Å². The molecule has 0 aromatic heterocycles. The van der Waals surface area contributed by atoms with E-state index in [2.05, 4.69) is 0 Å². The number of hydrogen-bond donors (Lipinski definition) is 0. The summed E-state index contributed by atoms with van der Waals surface area (Å²) in [6, 6.07) is 14.8. The predicted molar refractivity (Wildman–Crippen MR) is 77.7 cm³/mol. The van der Waals surface area contributed by atoms with Crippen LogP contribution in [0.3, 0.4) is 0 Å². The molecule has 0 spiro atoms. The molecule has 1 heterocycles. The lowest BCUT2D eigenvalue weighted by atomic mass is 9.92. The molecular formula is C17H16O4. The van der Waals surface area contributed by atoms with Gasteiger partial charge in [-0.15, -0.1) is 0 Å². The third-order valence-electron chi connectivity index (χ3n) is 3.70. The summed E-state index contributed by atoms with van der Waals surface area (Å²) >= 11 is 0. The molecule has 0 N–H and O–H groups in total. The van der Waals surface area contributed by atoms with Crippen molar-refractivity contribution in [1.82, 2.24) is 0 Å². The van der Waals surface area contributed by atoms with Crippen LogP contribution < -0.4 is 9.47 Å². The van der Waals surface area contributed by atoms with Gasteiger partial charge in [0.05, 0.1) is 13.5 Å². The molecule has 0 saturated carbocycles. The normalized spacial score (nSPS) is 20.6. The van der Waals surface area contributed by atoms with Crippen LogP contribution in [0.5, 0.6) is 11.5 Å². The topological polar surface area (TPSA) is 44.8 Å². The van der Waals surface area contributed by atoms with Crippen LogP contribution in [0.15, 0.2) is 48.5 Å². The maximum Gasteiger partial charge on any atom is 0.244 e. The highest BCUT2D eigenvalue weighted by atomic mass is 16.7. The molecule has 0 bridgehead atoms. The molecule has 108 valence electrons.